The number of unbranched alkanes of at least 4 members (excludes halogenated alkanes) is 1. The van der Waals surface area contributed by atoms with E-state index in [0.29, 0.717) is 5.92 Å². The van der Waals surface area contributed by atoms with E-state index >= 15 is 0 Å². The normalized spacial score (nSPS) is 18.8. The van der Waals surface area contributed by atoms with Crippen molar-refractivity contribution in [3.05, 3.63) is 0 Å². The van der Waals surface area contributed by atoms with Crippen molar-refractivity contribution in [3.63, 3.8) is 0 Å². The summed E-state index contributed by atoms with van der Waals surface area (Å²) in [5.41, 5.74) is 5.67. The average Bonchev–Trinajstić information content (AvgIpc) is 2.09. The highest BCUT2D eigenvalue weighted by Crippen LogP contribution is 2.23. The summed E-state index contributed by atoms with van der Waals surface area (Å²) in [6.45, 7) is 9.32. The highest BCUT2D eigenvalue weighted by molar-refractivity contribution is 5.69. The Morgan fingerprint density at radius 3 is 2.53 bits per heavy atom. The molecule has 4 heteroatoms. The number of nitrogens with two attached hydrogens (primary N) is 1. The molecule has 1 fully saturated rings. The van der Waals surface area contributed by atoms with Crippen molar-refractivity contribution in [1.82, 2.24) is 4.90 Å². The standard InChI is InChI=1S/C13H26N2O2/c1-5-6-7-11(14)10-8-15(9-10)12(16)17-13(2,3)4/h10-11H,5-9,14H2,1-4H3/t11-/m1/s1. The van der Waals surface area contributed by atoms with Crippen LogP contribution in [0.25, 0.3) is 0 Å². The molecule has 0 aromatic heterocycles. The molecule has 1 saturated heterocycles. The van der Waals surface area contributed by atoms with Crippen molar-refractivity contribution in [3.8, 4) is 0 Å². The zero-order valence-electron chi connectivity index (χ0n) is 11.5. The summed E-state index contributed by atoms with van der Waals surface area (Å²) < 4.78 is 5.30. The molecule has 100 valence electrons. The first-order valence-electron chi connectivity index (χ1n) is 6.57. The molecule has 1 atom stereocenters. The van der Waals surface area contributed by atoms with E-state index in [2.05, 4.69) is 6.92 Å². The first-order valence-corrected chi connectivity index (χ1v) is 6.57. The predicted molar refractivity (Wildman–Crippen MR) is 68.8 cm³/mol. The summed E-state index contributed by atoms with van der Waals surface area (Å²) in [6.07, 6.45) is 3.19. The van der Waals surface area contributed by atoms with Crippen molar-refractivity contribution >= 4 is 6.09 Å². The van der Waals surface area contributed by atoms with Crippen LogP contribution in [0.4, 0.5) is 4.79 Å². The Balaban J connectivity index is 2.24. The van der Waals surface area contributed by atoms with Gasteiger partial charge in [-0.2, -0.15) is 0 Å². The van der Waals surface area contributed by atoms with Gasteiger partial charge in [-0.15, -0.1) is 0 Å². The van der Waals surface area contributed by atoms with Gasteiger partial charge in [0.1, 0.15) is 5.60 Å². The largest absolute Gasteiger partial charge is 0.444 e. The maximum Gasteiger partial charge on any atom is 0.410 e. The molecular formula is C13H26N2O2. The van der Waals surface area contributed by atoms with Crippen LogP contribution in [-0.2, 0) is 4.74 Å². The topological polar surface area (TPSA) is 55.6 Å². The van der Waals surface area contributed by atoms with E-state index in [1.54, 1.807) is 4.90 Å². The van der Waals surface area contributed by atoms with E-state index in [0.717, 1.165) is 19.5 Å². The molecule has 4 nitrogen and oxygen atoms in total. The molecular weight excluding hydrogens is 216 g/mol. The molecule has 2 N–H and O–H groups in total. The van der Waals surface area contributed by atoms with Crippen LogP contribution >= 0.6 is 0 Å². The lowest BCUT2D eigenvalue weighted by Crippen LogP contribution is -2.57. The first-order chi connectivity index (χ1) is 7.83. The lowest BCUT2D eigenvalue weighted by Gasteiger charge is -2.42. The third-order valence-electron chi connectivity index (χ3n) is 3.06. The van der Waals surface area contributed by atoms with Crippen LogP contribution in [0.15, 0.2) is 0 Å². The van der Waals surface area contributed by atoms with Gasteiger partial charge in [-0.05, 0) is 27.2 Å². The number of ether oxygens (including phenoxy) is 1. The maximum absolute atomic E-state index is 11.7. The Morgan fingerprint density at radius 1 is 1.47 bits per heavy atom. The third-order valence-corrected chi connectivity index (χ3v) is 3.06. The molecule has 0 aliphatic carbocycles. The van der Waals surface area contributed by atoms with E-state index in [1.165, 1.54) is 12.8 Å². The van der Waals surface area contributed by atoms with Gasteiger partial charge in [0.2, 0.25) is 0 Å². The van der Waals surface area contributed by atoms with E-state index in [4.69, 9.17) is 10.5 Å². The van der Waals surface area contributed by atoms with Crippen LogP contribution in [0.3, 0.4) is 0 Å². The molecule has 17 heavy (non-hydrogen) atoms. The summed E-state index contributed by atoms with van der Waals surface area (Å²) in [6, 6.07) is 0.230. The summed E-state index contributed by atoms with van der Waals surface area (Å²) in [4.78, 5) is 13.4. The third kappa shape index (κ3) is 4.54. The Kier molecular flexibility index (Phi) is 4.80. The smallest absolute Gasteiger partial charge is 0.410 e. The van der Waals surface area contributed by atoms with Gasteiger partial charge >= 0.3 is 6.09 Å². The van der Waals surface area contributed by atoms with Crippen molar-refractivity contribution in [1.29, 1.82) is 0 Å². The minimum atomic E-state index is -0.410. The second-order valence-electron chi connectivity index (χ2n) is 5.95. The van der Waals surface area contributed by atoms with E-state index in [1.807, 2.05) is 20.8 Å². The fourth-order valence-corrected chi connectivity index (χ4v) is 1.93. The van der Waals surface area contributed by atoms with Crippen LogP contribution in [0, 0.1) is 5.92 Å². The molecule has 0 spiro atoms. The molecule has 0 unspecified atom stereocenters. The van der Waals surface area contributed by atoms with Gasteiger partial charge in [-0.25, -0.2) is 4.79 Å². The molecule has 0 aromatic rings. The number of hydrogen-bond acceptors (Lipinski definition) is 3. The monoisotopic (exact) mass is 242 g/mol. The molecule has 1 heterocycles. The molecule has 1 aliphatic rings. The molecule has 0 radical (unpaired) electrons. The van der Waals surface area contributed by atoms with E-state index in [9.17, 15) is 4.79 Å². The SMILES string of the molecule is CCCC[C@@H](N)C1CN(C(=O)OC(C)(C)C)C1. The van der Waals surface area contributed by atoms with Crippen LogP contribution in [0.1, 0.15) is 47.0 Å². The highest BCUT2D eigenvalue weighted by Gasteiger charge is 2.36. The van der Waals surface area contributed by atoms with Gasteiger partial charge in [-0.3, -0.25) is 0 Å². The minimum absolute atomic E-state index is 0.212. The second kappa shape index (κ2) is 5.71. The lowest BCUT2D eigenvalue weighted by atomic mass is 9.89. The zero-order valence-corrected chi connectivity index (χ0v) is 11.5. The Hall–Kier alpha value is -0.770. The van der Waals surface area contributed by atoms with Gasteiger partial charge in [-0.1, -0.05) is 19.8 Å². The molecule has 0 bridgehead atoms. The Bertz CT molecular complexity index is 255. The lowest BCUT2D eigenvalue weighted by molar-refractivity contribution is -0.00509. The number of amides is 1. The van der Waals surface area contributed by atoms with Crippen LogP contribution in [-0.4, -0.2) is 35.7 Å². The number of carbonyl (C=O) groups is 1. The second-order valence-corrected chi connectivity index (χ2v) is 5.95. The summed E-state index contributed by atoms with van der Waals surface area (Å²) in [7, 11) is 0. The van der Waals surface area contributed by atoms with Gasteiger partial charge in [0, 0.05) is 25.0 Å². The molecule has 0 saturated carbocycles. The van der Waals surface area contributed by atoms with E-state index in [-0.39, 0.29) is 12.1 Å². The van der Waals surface area contributed by atoms with Gasteiger partial charge in [0.15, 0.2) is 0 Å². The molecule has 1 amide bonds. The Labute approximate surface area is 104 Å². The zero-order chi connectivity index (χ0) is 13.1. The van der Waals surface area contributed by atoms with Gasteiger partial charge < -0.3 is 15.4 Å². The number of rotatable bonds is 4. The van der Waals surface area contributed by atoms with Crippen molar-refractivity contribution in [2.24, 2.45) is 11.7 Å². The highest BCUT2D eigenvalue weighted by atomic mass is 16.6. The summed E-state index contributed by atoms with van der Waals surface area (Å²) in [5.74, 6) is 0.453. The molecule has 1 aliphatic heterocycles. The molecule has 1 rings (SSSR count). The molecule has 0 aromatic carbocycles. The average molecular weight is 242 g/mol. The number of nitrogens with zero attached hydrogens (tertiary/aromatic N) is 1. The van der Waals surface area contributed by atoms with E-state index < -0.39 is 5.60 Å². The van der Waals surface area contributed by atoms with Crippen molar-refractivity contribution in [2.45, 2.75) is 58.6 Å². The summed E-state index contributed by atoms with van der Waals surface area (Å²) >= 11 is 0. The quantitative estimate of drug-likeness (QED) is 0.823. The van der Waals surface area contributed by atoms with Gasteiger partial charge in [0.25, 0.3) is 0 Å². The Morgan fingerprint density at radius 2 is 2.06 bits per heavy atom. The number of hydrogen-bond donors (Lipinski definition) is 1. The predicted octanol–water partition coefficient (Wildman–Crippen LogP) is 2.37. The first kappa shape index (κ1) is 14.3. The van der Waals surface area contributed by atoms with Crippen LogP contribution in [0.5, 0.6) is 0 Å². The number of likely N-dealkylation sites (tertiary alicyclic amines) is 1. The summed E-state index contributed by atoms with van der Waals surface area (Å²) in [5, 5.41) is 0. The fraction of sp³-hybridized carbons (Fsp3) is 0.923. The fourth-order valence-electron chi connectivity index (χ4n) is 1.93. The minimum Gasteiger partial charge on any atom is -0.444 e. The van der Waals surface area contributed by atoms with Crippen molar-refractivity contribution in [2.75, 3.05) is 13.1 Å². The van der Waals surface area contributed by atoms with Crippen molar-refractivity contribution < 1.29 is 9.53 Å². The number of carbonyl (C=O) groups excluding carboxylic acids is 1. The van der Waals surface area contributed by atoms with Crippen LogP contribution < -0.4 is 5.73 Å². The van der Waals surface area contributed by atoms with Gasteiger partial charge in [0.05, 0.1) is 0 Å². The van der Waals surface area contributed by atoms with Crippen LogP contribution in [0.2, 0.25) is 0 Å². The maximum atomic E-state index is 11.7.